The largest absolute Gasteiger partial charge is 0.481 e. The molecule has 0 aromatic rings. The third-order valence-corrected chi connectivity index (χ3v) is 16.8. The van der Waals surface area contributed by atoms with Gasteiger partial charge in [0.15, 0.2) is 18.7 Å². The van der Waals surface area contributed by atoms with Gasteiger partial charge in [-0.2, -0.15) is 0 Å². The zero-order valence-electron chi connectivity index (χ0n) is 32.9. The first-order valence-corrected chi connectivity index (χ1v) is 20.2. The standard InChI is InChI=1S/C41H64O13/c1-36(2)14-16-41(35(49)50)17-15-39(6)20(21(41)18-36)8-9-24-38(5)12-11-25(37(3,4)23(38)10-13-40(24,39)7)52-34-29(46)27(44)30(31(54-34)32(47)48)53-33-28(45)26(43)22(42)19-51-33/h8,21-31,33-34,42-46H,9-19H2,1-7H3,(H,47,48)(H,49,50)/t21-,22+,23-,24+,25-,26-,27+,28+,29+,30-,31-,33-,34+,38-,39+,40+,41-/m0/s1. The Morgan fingerprint density at radius 1 is 0.759 bits per heavy atom. The number of allylic oxidation sites excluding steroid dienone is 2. The Labute approximate surface area is 318 Å². The van der Waals surface area contributed by atoms with Crippen LogP contribution in [0.3, 0.4) is 0 Å². The molecule has 7 N–H and O–H groups in total. The molecule has 13 heteroatoms. The van der Waals surface area contributed by atoms with E-state index in [4.69, 9.17) is 18.9 Å². The Hall–Kier alpha value is -1.68. The zero-order valence-corrected chi connectivity index (χ0v) is 32.9. The molecule has 2 aliphatic heterocycles. The lowest BCUT2D eigenvalue weighted by Gasteiger charge is -2.71. The quantitative estimate of drug-likeness (QED) is 0.152. The van der Waals surface area contributed by atoms with Crippen LogP contribution in [0, 0.1) is 50.2 Å². The van der Waals surface area contributed by atoms with Crippen LogP contribution in [0.4, 0.5) is 0 Å². The molecule has 7 rings (SSSR count). The Morgan fingerprint density at radius 2 is 1.43 bits per heavy atom. The first-order chi connectivity index (χ1) is 25.0. The summed E-state index contributed by atoms with van der Waals surface area (Å²) in [6.07, 6.45) is -4.32. The predicted octanol–water partition coefficient (Wildman–Crippen LogP) is 3.61. The van der Waals surface area contributed by atoms with Gasteiger partial charge in [-0.3, -0.25) is 4.79 Å². The molecule has 2 saturated heterocycles. The number of carboxylic acid groups (broad SMARTS) is 2. The van der Waals surface area contributed by atoms with E-state index in [1.807, 2.05) is 0 Å². The van der Waals surface area contributed by atoms with Gasteiger partial charge in [0.25, 0.3) is 0 Å². The fourth-order valence-electron chi connectivity index (χ4n) is 13.4. The van der Waals surface area contributed by atoms with E-state index in [9.17, 15) is 45.3 Å². The normalized spacial score (nSPS) is 52.4. The number of carbonyl (C=O) groups is 2. The van der Waals surface area contributed by atoms with Crippen molar-refractivity contribution in [1.29, 1.82) is 0 Å². The number of aliphatic hydroxyl groups is 5. The van der Waals surface area contributed by atoms with Gasteiger partial charge in [-0.1, -0.05) is 60.1 Å². The highest BCUT2D eigenvalue weighted by Crippen LogP contribution is 2.76. The van der Waals surface area contributed by atoms with E-state index in [2.05, 4.69) is 54.5 Å². The molecular weight excluding hydrogens is 700 g/mol. The number of carboxylic acids is 2. The van der Waals surface area contributed by atoms with Crippen LogP contribution in [0.5, 0.6) is 0 Å². The van der Waals surface area contributed by atoms with Gasteiger partial charge >= 0.3 is 11.9 Å². The van der Waals surface area contributed by atoms with E-state index >= 15 is 0 Å². The first-order valence-electron chi connectivity index (χ1n) is 20.2. The summed E-state index contributed by atoms with van der Waals surface area (Å²) in [6.45, 7) is 15.9. The van der Waals surface area contributed by atoms with Crippen molar-refractivity contribution in [3.63, 3.8) is 0 Å². The number of rotatable bonds is 6. The molecule has 0 amide bonds. The summed E-state index contributed by atoms with van der Waals surface area (Å²) in [5.74, 6) is -1.50. The minimum Gasteiger partial charge on any atom is -0.481 e. The van der Waals surface area contributed by atoms with Crippen LogP contribution in [-0.2, 0) is 28.5 Å². The monoisotopic (exact) mass is 764 g/mol. The van der Waals surface area contributed by atoms with Crippen molar-refractivity contribution in [2.24, 2.45) is 50.2 Å². The third kappa shape index (κ3) is 5.88. The molecule has 306 valence electrons. The van der Waals surface area contributed by atoms with Gasteiger partial charge in [-0.15, -0.1) is 0 Å². The van der Waals surface area contributed by atoms with E-state index in [1.165, 1.54) is 5.57 Å². The van der Waals surface area contributed by atoms with Crippen molar-refractivity contribution in [1.82, 2.24) is 0 Å². The lowest BCUT2D eigenvalue weighted by atomic mass is 9.33. The highest BCUT2D eigenvalue weighted by atomic mass is 16.7. The predicted molar refractivity (Wildman–Crippen MR) is 192 cm³/mol. The summed E-state index contributed by atoms with van der Waals surface area (Å²) >= 11 is 0. The van der Waals surface area contributed by atoms with Crippen LogP contribution in [0.25, 0.3) is 0 Å². The highest BCUT2D eigenvalue weighted by Gasteiger charge is 2.69. The number of aliphatic carboxylic acids is 2. The molecular formula is C41H64O13. The molecule has 54 heavy (non-hydrogen) atoms. The van der Waals surface area contributed by atoms with E-state index in [0.717, 1.165) is 51.4 Å². The van der Waals surface area contributed by atoms with Gasteiger partial charge in [-0.25, -0.2) is 4.79 Å². The van der Waals surface area contributed by atoms with Crippen molar-refractivity contribution in [3.8, 4) is 0 Å². The van der Waals surface area contributed by atoms with E-state index in [-0.39, 0.29) is 33.5 Å². The van der Waals surface area contributed by atoms with Gasteiger partial charge < -0.3 is 54.7 Å². The minimum atomic E-state index is -1.80. The summed E-state index contributed by atoms with van der Waals surface area (Å²) < 4.78 is 23.2. The van der Waals surface area contributed by atoms with Crippen LogP contribution in [0.1, 0.15) is 113 Å². The number of hydrogen-bond donors (Lipinski definition) is 7. The summed E-state index contributed by atoms with van der Waals surface area (Å²) in [5, 5.41) is 73.5. The molecule has 0 spiro atoms. The van der Waals surface area contributed by atoms with Crippen LogP contribution >= 0.6 is 0 Å². The molecule has 7 aliphatic rings. The summed E-state index contributed by atoms with van der Waals surface area (Å²) in [7, 11) is 0. The van der Waals surface area contributed by atoms with Crippen LogP contribution in [0.2, 0.25) is 0 Å². The number of aliphatic hydroxyl groups excluding tert-OH is 5. The van der Waals surface area contributed by atoms with Gasteiger partial charge in [-0.05, 0) is 109 Å². The van der Waals surface area contributed by atoms with Crippen LogP contribution in [0.15, 0.2) is 11.6 Å². The van der Waals surface area contributed by atoms with Crippen LogP contribution in [-0.4, -0.2) is 116 Å². The summed E-state index contributed by atoms with van der Waals surface area (Å²) in [5.41, 5.74) is 0.156. The average Bonchev–Trinajstić information content (AvgIpc) is 3.08. The van der Waals surface area contributed by atoms with Gasteiger partial charge in [0.1, 0.15) is 36.6 Å². The Bertz CT molecular complexity index is 1510. The Balaban J connectivity index is 1.10. The molecule has 0 unspecified atom stereocenters. The molecule has 17 atom stereocenters. The SMILES string of the molecule is CC1(C)CC[C@]2(C(=O)O)CC[C@]3(C)C(=CC[C@@H]4[C@@]5(C)CC[C@H](O[C@@H]6O[C@H](C(=O)O)[C@@H](O[C@@H]7OC[C@@H](O)[C@H](O)[C@H]7O)[C@H](O)[C@H]6O)C(C)(C)[C@@H]5CC[C@]43C)[C@@H]2C1. The minimum absolute atomic E-state index is 0.0291. The van der Waals surface area contributed by atoms with Crippen molar-refractivity contribution >= 4 is 11.9 Å². The third-order valence-electron chi connectivity index (χ3n) is 16.8. The second-order valence-electron chi connectivity index (χ2n) is 20.3. The Kier molecular flexibility index (Phi) is 10.1. The second kappa shape index (κ2) is 13.4. The topological polar surface area (TPSA) is 213 Å². The number of hydrogen-bond acceptors (Lipinski definition) is 11. The molecule has 0 radical (unpaired) electrons. The molecule has 0 bridgehead atoms. The Morgan fingerprint density at radius 3 is 2.09 bits per heavy atom. The smallest absolute Gasteiger partial charge is 0.335 e. The number of fused-ring (bicyclic) bond motifs is 7. The van der Waals surface area contributed by atoms with E-state index in [1.54, 1.807) is 0 Å². The molecule has 0 aromatic heterocycles. The fraction of sp³-hybridized carbons (Fsp3) is 0.902. The fourth-order valence-corrected chi connectivity index (χ4v) is 13.4. The molecule has 13 nitrogen and oxygen atoms in total. The molecule has 0 aromatic carbocycles. The van der Waals surface area contributed by atoms with Crippen molar-refractivity contribution in [2.75, 3.05) is 6.61 Å². The van der Waals surface area contributed by atoms with E-state index < -0.39 is 90.8 Å². The van der Waals surface area contributed by atoms with Crippen LogP contribution < -0.4 is 0 Å². The maximum Gasteiger partial charge on any atom is 0.335 e. The van der Waals surface area contributed by atoms with Crippen molar-refractivity contribution in [3.05, 3.63) is 11.6 Å². The van der Waals surface area contributed by atoms with Gasteiger partial charge in [0, 0.05) is 0 Å². The molecule has 5 aliphatic carbocycles. The lowest BCUT2D eigenvalue weighted by Crippen LogP contribution is -2.66. The average molecular weight is 765 g/mol. The highest BCUT2D eigenvalue weighted by molar-refractivity contribution is 5.76. The summed E-state index contributed by atoms with van der Waals surface area (Å²) in [4.78, 5) is 25.4. The maximum absolute atomic E-state index is 13.0. The van der Waals surface area contributed by atoms with Crippen molar-refractivity contribution < 1.29 is 64.3 Å². The summed E-state index contributed by atoms with van der Waals surface area (Å²) in [6, 6.07) is 0. The first kappa shape index (κ1) is 40.5. The molecule has 4 saturated carbocycles. The molecule has 2 heterocycles. The second-order valence-corrected chi connectivity index (χ2v) is 20.3. The maximum atomic E-state index is 13.0. The van der Waals surface area contributed by atoms with Gasteiger partial charge in [0.05, 0.1) is 18.1 Å². The lowest BCUT2D eigenvalue weighted by molar-refractivity contribution is -0.354. The van der Waals surface area contributed by atoms with Gasteiger partial charge in [0.2, 0.25) is 0 Å². The number of ether oxygens (including phenoxy) is 4. The van der Waals surface area contributed by atoms with Crippen molar-refractivity contribution in [2.45, 2.75) is 174 Å². The van der Waals surface area contributed by atoms with E-state index in [0.29, 0.717) is 18.8 Å². The molecule has 6 fully saturated rings. The zero-order chi connectivity index (χ0) is 39.6.